The number of hydrogen-bond acceptors (Lipinski definition) is 5. The van der Waals surface area contributed by atoms with Gasteiger partial charge >= 0.3 is 0 Å². The smallest absolute Gasteiger partial charge is 0.254 e. The van der Waals surface area contributed by atoms with Crippen molar-refractivity contribution in [3.05, 3.63) is 113 Å². The van der Waals surface area contributed by atoms with E-state index in [9.17, 15) is 9.18 Å². The molecule has 0 spiro atoms. The molecular weight excluding hydrogens is 491 g/mol. The Bertz CT molecular complexity index is 1400. The molecule has 4 aromatic rings. The summed E-state index contributed by atoms with van der Waals surface area (Å²) in [6.07, 6.45) is 4.66. The molecule has 1 fully saturated rings. The predicted molar refractivity (Wildman–Crippen MR) is 150 cm³/mol. The van der Waals surface area contributed by atoms with Crippen LogP contribution in [0.25, 0.3) is 11.4 Å². The van der Waals surface area contributed by atoms with Gasteiger partial charge in [0.25, 0.3) is 5.91 Å². The van der Waals surface area contributed by atoms with Crippen molar-refractivity contribution >= 4 is 5.91 Å². The van der Waals surface area contributed by atoms with Crippen LogP contribution in [0.15, 0.2) is 85.2 Å². The number of benzene rings is 3. The Kier molecular flexibility index (Phi) is 8.27. The summed E-state index contributed by atoms with van der Waals surface area (Å²) in [5.41, 5.74) is 4.65. The first kappa shape index (κ1) is 26.5. The number of halogens is 1. The van der Waals surface area contributed by atoms with Gasteiger partial charge in [0, 0.05) is 37.1 Å². The number of amides is 1. The first-order chi connectivity index (χ1) is 19.0. The lowest BCUT2D eigenvalue weighted by Crippen LogP contribution is -2.46. The van der Waals surface area contributed by atoms with Crippen molar-refractivity contribution < 1.29 is 13.9 Å². The third-order valence-electron chi connectivity index (χ3n) is 7.37. The van der Waals surface area contributed by atoms with Crippen LogP contribution in [0, 0.1) is 19.7 Å². The molecule has 1 aliphatic heterocycles. The molecule has 1 aliphatic rings. The second kappa shape index (κ2) is 12.2. The average Bonchev–Trinajstić information content (AvgIpc) is 2.96. The number of carbonyl (C=O) groups is 1. The third-order valence-corrected chi connectivity index (χ3v) is 7.37. The number of aryl methyl sites for hydroxylation is 2. The topological polar surface area (TPSA) is 67.3 Å². The number of aromatic nitrogens is 2. The molecule has 0 bridgehead atoms. The fourth-order valence-electron chi connectivity index (χ4n) is 4.91. The number of hydrogen-bond donors (Lipinski definition) is 1. The van der Waals surface area contributed by atoms with Crippen molar-refractivity contribution in [1.29, 1.82) is 0 Å². The van der Waals surface area contributed by atoms with Gasteiger partial charge < -0.3 is 10.1 Å². The number of likely N-dealkylation sites (tertiary alicyclic amines) is 1. The summed E-state index contributed by atoms with van der Waals surface area (Å²) >= 11 is 0. The molecule has 1 atom stereocenters. The molecule has 3 aromatic carbocycles. The molecule has 200 valence electrons. The fraction of sp³-hybridized carbons (Fsp3) is 0.281. The molecule has 1 aromatic heterocycles. The lowest BCUT2D eigenvalue weighted by molar-refractivity contribution is 0.0837. The van der Waals surface area contributed by atoms with Crippen LogP contribution < -0.4 is 10.1 Å². The SMILES string of the molecule is Cc1ccc(OCC(c2ccccc2)N2CCC(NC(=O)c3cnc(-c4cccc(F)c4)nc3)CC2)cc1C. The summed E-state index contributed by atoms with van der Waals surface area (Å²) < 4.78 is 19.8. The summed E-state index contributed by atoms with van der Waals surface area (Å²) in [7, 11) is 0. The summed E-state index contributed by atoms with van der Waals surface area (Å²) in [6.45, 7) is 6.44. The van der Waals surface area contributed by atoms with Gasteiger partial charge in [0.1, 0.15) is 18.2 Å². The van der Waals surface area contributed by atoms with Gasteiger partial charge in [-0.2, -0.15) is 0 Å². The molecule has 39 heavy (non-hydrogen) atoms. The molecule has 2 heterocycles. The Hall–Kier alpha value is -4.10. The standard InChI is InChI=1S/C32H33FN4O2/c1-22-11-12-29(17-23(22)2)39-21-30(24-7-4-3-5-8-24)37-15-13-28(14-16-37)36-32(38)26-19-34-31(35-20-26)25-9-6-10-27(33)18-25/h3-12,17-20,28,30H,13-16,21H2,1-2H3,(H,36,38). The maximum absolute atomic E-state index is 13.5. The highest BCUT2D eigenvalue weighted by atomic mass is 19.1. The van der Waals surface area contributed by atoms with Crippen LogP contribution in [0.2, 0.25) is 0 Å². The first-order valence-electron chi connectivity index (χ1n) is 13.3. The Morgan fingerprint density at radius 3 is 2.41 bits per heavy atom. The molecule has 0 saturated carbocycles. The van der Waals surface area contributed by atoms with Crippen molar-refractivity contribution in [2.45, 2.75) is 38.8 Å². The lowest BCUT2D eigenvalue weighted by Gasteiger charge is -2.38. The van der Waals surface area contributed by atoms with Crippen molar-refractivity contribution in [3.8, 4) is 17.1 Å². The van der Waals surface area contributed by atoms with E-state index < -0.39 is 0 Å². The minimum atomic E-state index is -0.351. The summed E-state index contributed by atoms with van der Waals surface area (Å²) in [4.78, 5) is 23.9. The zero-order valence-corrected chi connectivity index (χ0v) is 22.3. The maximum atomic E-state index is 13.5. The summed E-state index contributed by atoms with van der Waals surface area (Å²) in [5.74, 6) is 0.716. The van der Waals surface area contributed by atoms with E-state index in [1.807, 2.05) is 12.1 Å². The fourth-order valence-corrected chi connectivity index (χ4v) is 4.91. The summed E-state index contributed by atoms with van der Waals surface area (Å²) in [5, 5.41) is 3.14. The molecule has 1 N–H and O–H groups in total. The Morgan fingerprint density at radius 1 is 0.974 bits per heavy atom. The summed E-state index contributed by atoms with van der Waals surface area (Å²) in [6, 6.07) is 22.9. The molecule has 0 aliphatic carbocycles. The van der Waals surface area contributed by atoms with E-state index in [2.05, 4.69) is 70.4 Å². The van der Waals surface area contributed by atoms with E-state index in [4.69, 9.17) is 4.74 Å². The van der Waals surface area contributed by atoms with E-state index in [1.165, 1.54) is 41.2 Å². The van der Waals surface area contributed by atoms with E-state index in [1.54, 1.807) is 12.1 Å². The van der Waals surface area contributed by atoms with Gasteiger partial charge in [0.05, 0.1) is 11.6 Å². The van der Waals surface area contributed by atoms with Crippen molar-refractivity contribution in [2.75, 3.05) is 19.7 Å². The predicted octanol–water partition coefficient (Wildman–Crippen LogP) is 5.91. The van der Waals surface area contributed by atoms with Crippen LogP contribution >= 0.6 is 0 Å². The van der Waals surface area contributed by atoms with Crippen molar-refractivity contribution in [3.63, 3.8) is 0 Å². The Labute approximate surface area is 228 Å². The number of piperidine rings is 1. The molecule has 0 radical (unpaired) electrons. The van der Waals surface area contributed by atoms with Gasteiger partial charge in [-0.1, -0.05) is 48.5 Å². The number of rotatable bonds is 8. The number of ether oxygens (including phenoxy) is 1. The van der Waals surface area contributed by atoms with Gasteiger partial charge in [-0.25, -0.2) is 14.4 Å². The van der Waals surface area contributed by atoms with Crippen LogP contribution in [0.5, 0.6) is 5.75 Å². The Balaban J connectivity index is 1.19. The average molecular weight is 525 g/mol. The van der Waals surface area contributed by atoms with Crippen molar-refractivity contribution in [1.82, 2.24) is 20.2 Å². The molecule has 1 saturated heterocycles. The van der Waals surface area contributed by atoms with Crippen LogP contribution in [0.3, 0.4) is 0 Å². The molecule has 1 amide bonds. The second-order valence-corrected chi connectivity index (χ2v) is 10.1. The van der Waals surface area contributed by atoms with E-state index in [-0.39, 0.29) is 23.8 Å². The highest BCUT2D eigenvalue weighted by molar-refractivity contribution is 5.93. The van der Waals surface area contributed by atoms with Gasteiger partial charge in [-0.05, 0) is 67.6 Å². The van der Waals surface area contributed by atoms with Crippen LogP contribution in [-0.2, 0) is 0 Å². The molecule has 1 unspecified atom stereocenters. The minimum Gasteiger partial charge on any atom is -0.492 e. The largest absolute Gasteiger partial charge is 0.492 e. The van der Waals surface area contributed by atoms with Gasteiger partial charge in [0.2, 0.25) is 0 Å². The highest BCUT2D eigenvalue weighted by Crippen LogP contribution is 2.27. The molecule has 7 heteroatoms. The normalized spacial score (nSPS) is 15.1. The van der Waals surface area contributed by atoms with Crippen molar-refractivity contribution in [2.24, 2.45) is 0 Å². The van der Waals surface area contributed by atoms with Crippen LogP contribution in [-0.4, -0.2) is 46.5 Å². The maximum Gasteiger partial charge on any atom is 0.254 e. The molecule has 6 nitrogen and oxygen atoms in total. The molecular formula is C32H33FN4O2. The quantitative estimate of drug-likeness (QED) is 0.310. The zero-order chi connectivity index (χ0) is 27.2. The highest BCUT2D eigenvalue weighted by Gasteiger charge is 2.28. The monoisotopic (exact) mass is 524 g/mol. The minimum absolute atomic E-state index is 0.0636. The number of carbonyl (C=O) groups excluding carboxylic acids is 1. The van der Waals surface area contributed by atoms with Gasteiger partial charge in [-0.3, -0.25) is 9.69 Å². The number of nitrogens with one attached hydrogen (secondary N) is 1. The first-order valence-corrected chi connectivity index (χ1v) is 13.3. The Morgan fingerprint density at radius 2 is 1.72 bits per heavy atom. The van der Waals surface area contributed by atoms with E-state index >= 15 is 0 Å². The van der Waals surface area contributed by atoms with E-state index in [0.29, 0.717) is 23.6 Å². The van der Waals surface area contributed by atoms with Gasteiger partial charge in [-0.15, -0.1) is 0 Å². The molecule has 5 rings (SSSR count). The zero-order valence-electron chi connectivity index (χ0n) is 22.3. The number of nitrogens with zero attached hydrogens (tertiary/aromatic N) is 3. The van der Waals surface area contributed by atoms with Crippen LogP contribution in [0.4, 0.5) is 4.39 Å². The second-order valence-electron chi connectivity index (χ2n) is 10.1. The van der Waals surface area contributed by atoms with E-state index in [0.717, 1.165) is 31.7 Å². The van der Waals surface area contributed by atoms with Crippen LogP contribution in [0.1, 0.15) is 45.9 Å². The van der Waals surface area contributed by atoms with Gasteiger partial charge in [0.15, 0.2) is 5.82 Å². The lowest BCUT2D eigenvalue weighted by atomic mass is 9.99. The third kappa shape index (κ3) is 6.67.